The van der Waals surface area contributed by atoms with Crippen LogP contribution in [0, 0.1) is 18.7 Å². The molecule has 2 aromatic carbocycles. The van der Waals surface area contributed by atoms with Gasteiger partial charge in [-0.15, -0.1) is 0 Å². The molecule has 1 N–H and O–H groups in total. The number of benzene rings is 2. The van der Waals surface area contributed by atoms with Gasteiger partial charge in [0.1, 0.15) is 5.82 Å². The minimum absolute atomic E-state index is 0.0130. The summed E-state index contributed by atoms with van der Waals surface area (Å²) in [4.78, 5) is 45.9. The van der Waals surface area contributed by atoms with E-state index in [1.54, 1.807) is 30.0 Å². The van der Waals surface area contributed by atoms with Crippen molar-refractivity contribution in [3.05, 3.63) is 47.3 Å². The standard InChI is InChI=1S/C36H48FN3O7/c1-5-9-25(10-6-2)40(26-12-13-28(37)23(3)17-26)33(42)21-39-20-27(24-18-30(45-4)35-31(19-24)46-22-47-35)34(36(43)44)29(39)14-16-38-15-8-7-11-32(38)41/h12-13,17-19,25,27,29,34H,5-11,14-16,20-22H2,1-4H3,(H,43,44). The van der Waals surface area contributed by atoms with Gasteiger partial charge in [0.2, 0.25) is 24.4 Å². The summed E-state index contributed by atoms with van der Waals surface area (Å²) >= 11 is 0. The van der Waals surface area contributed by atoms with Gasteiger partial charge in [-0.05, 0) is 80.5 Å². The smallest absolute Gasteiger partial charge is 0.308 e. The van der Waals surface area contributed by atoms with Crippen LogP contribution >= 0.6 is 0 Å². The SMILES string of the molecule is CCCC(CCC)N(C(=O)CN1CC(c2cc(OC)c3c(c2)OCO3)C(C(=O)O)C1CCN1CCCCC1=O)c1ccc(F)c(C)c1. The molecule has 3 atom stereocenters. The minimum atomic E-state index is -0.961. The number of methoxy groups -OCH3 is 1. The van der Waals surface area contributed by atoms with E-state index >= 15 is 0 Å². The number of ether oxygens (including phenoxy) is 3. The first-order valence-corrected chi connectivity index (χ1v) is 17.0. The van der Waals surface area contributed by atoms with Crippen LogP contribution in [0.25, 0.3) is 0 Å². The Bertz CT molecular complexity index is 1450. The molecule has 2 aromatic rings. The summed E-state index contributed by atoms with van der Waals surface area (Å²) in [6.45, 7) is 7.28. The van der Waals surface area contributed by atoms with Gasteiger partial charge in [-0.2, -0.15) is 0 Å². The molecule has 3 heterocycles. The summed E-state index contributed by atoms with van der Waals surface area (Å²) in [5.41, 5.74) is 1.83. The van der Waals surface area contributed by atoms with Crippen LogP contribution < -0.4 is 19.1 Å². The number of aliphatic carboxylic acids is 1. The number of hydrogen-bond donors (Lipinski definition) is 1. The van der Waals surface area contributed by atoms with Crippen molar-refractivity contribution in [2.75, 3.05) is 45.0 Å². The fraction of sp³-hybridized carbons (Fsp3) is 0.583. The number of halogens is 1. The van der Waals surface area contributed by atoms with Gasteiger partial charge < -0.3 is 29.1 Å². The van der Waals surface area contributed by atoms with E-state index < -0.39 is 23.8 Å². The van der Waals surface area contributed by atoms with Crippen LogP contribution in [0.2, 0.25) is 0 Å². The van der Waals surface area contributed by atoms with Gasteiger partial charge in [-0.25, -0.2) is 4.39 Å². The quantitative estimate of drug-likeness (QED) is 0.275. The minimum Gasteiger partial charge on any atom is -0.493 e. The molecule has 3 aliphatic heterocycles. The average molecular weight is 654 g/mol. The summed E-state index contributed by atoms with van der Waals surface area (Å²) in [5.74, 6) is -1.26. The Morgan fingerprint density at radius 3 is 2.55 bits per heavy atom. The first-order chi connectivity index (χ1) is 22.7. The van der Waals surface area contributed by atoms with Gasteiger partial charge in [0, 0.05) is 49.7 Å². The second kappa shape index (κ2) is 15.4. The Labute approximate surface area is 276 Å². The first kappa shape index (κ1) is 34.5. The summed E-state index contributed by atoms with van der Waals surface area (Å²) in [7, 11) is 1.53. The van der Waals surface area contributed by atoms with Crippen molar-refractivity contribution in [1.29, 1.82) is 0 Å². The molecule has 0 aliphatic carbocycles. The highest BCUT2D eigenvalue weighted by Gasteiger charge is 2.48. The van der Waals surface area contributed by atoms with Gasteiger partial charge in [-0.1, -0.05) is 26.7 Å². The molecule has 256 valence electrons. The van der Waals surface area contributed by atoms with Crippen LogP contribution in [0.1, 0.15) is 82.3 Å². The molecule has 2 fully saturated rings. The number of nitrogens with zero attached hydrogens (tertiary/aromatic N) is 3. The molecule has 2 amide bonds. The molecule has 0 spiro atoms. The Hall–Kier alpha value is -3.86. The molecular formula is C36H48FN3O7. The topological polar surface area (TPSA) is 109 Å². The number of likely N-dealkylation sites (tertiary alicyclic amines) is 2. The Balaban J connectivity index is 1.50. The zero-order valence-corrected chi connectivity index (χ0v) is 28.0. The van der Waals surface area contributed by atoms with Crippen LogP contribution in [0.3, 0.4) is 0 Å². The summed E-state index contributed by atoms with van der Waals surface area (Å²) in [5, 5.41) is 10.7. The maximum atomic E-state index is 14.5. The number of anilines is 1. The zero-order valence-electron chi connectivity index (χ0n) is 28.0. The average Bonchev–Trinajstić information content (AvgIpc) is 3.67. The summed E-state index contributed by atoms with van der Waals surface area (Å²) in [6, 6.07) is 7.79. The van der Waals surface area contributed by atoms with Gasteiger partial charge in [-0.3, -0.25) is 19.3 Å². The van der Waals surface area contributed by atoms with Crippen molar-refractivity contribution in [3.63, 3.8) is 0 Å². The zero-order chi connectivity index (χ0) is 33.7. The monoisotopic (exact) mass is 653 g/mol. The number of rotatable bonds is 14. The number of carbonyl (C=O) groups is 3. The van der Waals surface area contributed by atoms with Crippen LogP contribution in [-0.4, -0.2) is 84.9 Å². The fourth-order valence-corrected chi connectivity index (χ4v) is 7.60. The molecule has 0 bridgehead atoms. The lowest BCUT2D eigenvalue weighted by Crippen LogP contribution is -2.49. The van der Waals surface area contributed by atoms with E-state index in [1.807, 2.05) is 15.9 Å². The van der Waals surface area contributed by atoms with Crippen molar-refractivity contribution < 1.29 is 38.1 Å². The predicted octanol–water partition coefficient (Wildman–Crippen LogP) is 5.74. The van der Waals surface area contributed by atoms with E-state index in [0.717, 1.165) is 44.1 Å². The molecule has 11 heteroatoms. The lowest BCUT2D eigenvalue weighted by atomic mass is 9.84. The van der Waals surface area contributed by atoms with Crippen LogP contribution in [0.15, 0.2) is 30.3 Å². The predicted molar refractivity (Wildman–Crippen MR) is 176 cm³/mol. The number of amides is 2. The van der Waals surface area contributed by atoms with Gasteiger partial charge in [0.05, 0.1) is 19.6 Å². The van der Waals surface area contributed by atoms with Gasteiger partial charge >= 0.3 is 5.97 Å². The van der Waals surface area contributed by atoms with Crippen molar-refractivity contribution in [3.8, 4) is 17.2 Å². The summed E-state index contributed by atoms with van der Waals surface area (Å²) in [6.07, 6.45) is 6.01. The molecule has 5 rings (SSSR count). The first-order valence-electron chi connectivity index (χ1n) is 17.0. The molecule has 0 aromatic heterocycles. The number of carboxylic acids is 1. The van der Waals surface area contributed by atoms with Crippen LogP contribution in [-0.2, 0) is 14.4 Å². The maximum Gasteiger partial charge on any atom is 0.308 e. The molecule has 3 aliphatic rings. The molecule has 10 nitrogen and oxygen atoms in total. The third kappa shape index (κ3) is 7.50. The Morgan fingerprint density at radius 2 is 1.89 bits per heavy atom. The molecule has 2 saturated heterocycles. The summed E-state index contributed by atoms with van der Waals surface area (Å²) < 4.78 is 31.2. The Morgan fingerprint density at radius 1 is 1.13 bits per heavy atom. The second-order valence-corrected chi connectivity index (χ2v) is 13.0. The van der Waals surface area contributed by atoms with E-state index in [1.165, 1.54) is 13.2 Å². The highest BCUT2D eigenvalue weighted by atomic mass is 19.1. The third-order valence-electron chi connectivity index (χ3n) is 9.89. The van der Waals surface area contributed by atoms with Gasteiger partial charge in [0.25, 0.3) is 0 Å². The second-order valence-electron chi connectivity index (χ2n) is 13.0. The molecule has 47 heavy (non-hydrogen) atoms. The van der Waals surface area contributed by atoms with Crippen LogP contribution in [0.5, 0.6) is 17.2 Å². The third-order valence-corrected chi connectivity index (χ3v) is 9.89. The lowest BCUT2D eigenvalue weighted by molar-refractivity contribution is -0.143. The van der Waals surface area contributed by atoms with E-state index in [9.17, 15) is 23.9 Å². The number of hydrogen-bond acceptors (Lipinski definition) is 7. The fourth-order valence-electron chi connectivity index (χ4n) is 7.60. The van der Waals surface area contributed by atoms with Gasteiger partial charge in [0.15, 0.2) is 11.5 Å². The molecular weight excluding hydrogens is 605 g/mol. The maximum absolute atomic E-state index is 14.5. The van der Waals surface area contributed by atoms with E-state index in [0.29, 0.717) is 61.0 Å². The van der Waals surface area contributed by atoms with E-state index in [2.05, 4.69) is 13.8 Å². The number of aryl methyl sites for hydroxylation is 1. The largest absolute Gasteiger partial charge is 0.493 e. The van der Waals surface area contributed by atoms with Crippen molar-refractivity contribution in [2.45, 2.75) is 90.1 Å². The number of carbonyl (C=O) groups excluding carboxylic acids is 2. The normalized spacial score (nSPS) is 21.0. The molecule has 0 radical (unpaired) electrons. The highest BCUT2D eigenvalue weighted by Crippen LogP contribution is 2.47. The Kier molecular flexibility index (Phi) is 11.3. The number of carboxylic acid groups (broad SMARTS) is 1. The van der Waals surface area contributed by atoms with E-state index in [-0.39, 0.29) is 37.0 Å². The lowest BCUT2D eigenvalue weighted by Gasteiger charge is -2.35. The number of fused-ring (bicyclic) bond motifs is 1. The highest BCUT2D eigenvalue weighted by molar-refractivity contribution is 5.95. The van der Waals surface area contributed by atoms with Crippen molar-refractivity contribution in [1.82, 2.24) is 9.80 Å². The van der Waals surface area contributed by atoms with Crippen molar-refractivity contribution >= 4 is 23.5 Å². The molecule has 3 unspecified atom stereocenters. The number of piperidine rings is 1. The molecule has 0 saturated carbocycles. The van der Waals surface area contributed by atoms with Crippen LogP contribution in [0.4, 0.5) is 10.1 Å². The van der Waals surface area contributed by atoms with E-state index in [4.69, 9.17) is 14.2 Å². The van der Waals surface area contributed by atoms with Crippen molar-refractivity contribution in [2.24, 2.45) is 5.92 Å².